The molecule has 2 heterocycles. The van der Waals surface area contributed by atoms with E-state index >= 15 is 0 Å². The minimum absolute atomic E-state index is 0.0467. The summed E-state index contributed by atoms with van der Waals surface area (Å²) in [7, 11) is 1.62. The van der Waals surface area contributed by atoms with E-state index < -0.39 is 0 Å². The lowest BCUT2D eigenvalue weighted by atomic mass is 10.00. The first-order chi connectivity index (χ1) is 17.5. The smallest absolute Gasteiger partial charge is 0.254 e. The van der Waals surface area contributed by atoms with Gasteiger partial charge in [-0.05, 0) is 60.0 Å². The van der Waals surface area contributed by atoms with Crippen LogP contribution >= 0.6 is 11.3 Å². The molecule has 7 heteroatoms. The number of amides is 2. The number of benzene rings is 2. The van der Waals surface area contributed by atoms with Crippen molar-refractivity contribution < 1.29 is 19.1 Å². The summed E-state index contributed by atoms with van der Waals surface area (Å²) in [5, 5.41) is 2.07. The van der Waals surface area contributed by atoms with E-state index in [1.54, 1.807) is 35.5 Å². The van der Waals surface area contributed by atoms with Crippen LogP contribution in [-0.4, -0.2) is 55.0 Å². The maximum absolute atomic E-state index is 13.7. The maximum Gasteiger partial charge on any atom is 0.254 e. The highest BCUT2D eigenvalue weighted by Crippen LogP contribution is 2.35. The van der Waals surface area contributed by atoms with Gasteiger partial charge < -0.3 is 19.3 Å². The van der Waals surface area contributed by atoms with Crippen LogP contribution < -0.4 is 9.47 Å². The van der Waals surface area contributed by atoms with Crippen LogP contribution in [0.25, 0.3) is 0 Å². The summed E-state index contributed by atoms with van der Waals surface area (Å²) in [5.74, 6) is 1.56. The number of fused-ring (bicyclic) bond motifs is 1. The molecular formula is C29H34N2O4S. The van der Waals surface area contributed by atoms with Gasteiger partial charge in [-0.15, -0.1) is 11.3 Å². The normalized spacial score (nSPS) is 14.9. The summed E-state index contributed by atoms with van der Waals surface area (Å²) >= 11 is 1.72. The Morgan fingerprint density at radius 2 is 1.78 bits per heavy atom. The zero-order valence-corrected chi connectivity index (χ0v) is 22.0. The van der Waals surface area contributed by atoms with Gasteiger partial charge >= 0.3 is 0 Å². The molecule has 2 aromatic carbocycles. The lowest BCUT2D eigenvalue weighted by molar-refractivity contribution is -0.135. The second-order valence-electron chi connectivity index (χ2n) is 9.39. The molecule has 190 valence electrons. The van der Waals surface area contributed by atoms with Crippen LogP contribution in [0.4, 0.5) is 0 Å². The third-order valence-electron chi connectivity index (χ3n) is 6.49. The quantitative estimate of drug-likeness (QED) is 0.367. The molecule has 2 amide bonds. The lowest BCUT2D eigenvalue weighted by Gasteiger charge is -2.37. The highest BCUT2D eigenvalue weighted by atomic mass is 32.1. The van der Waals surface area contributed by atoms with Gasteiger partial charge in [-0.2, -0.15) is 0 Å². The molecule has 3 aromatic rings. The van der Waals surface area contributed by atoms with Gasteiger partial charge in [-0.1, -0.05) is 44.2 Å². The van der Waals surface area contributed by atoms with Crippen LogP contribution in [0.15, 0.2) is 66.0 Å². The number of hydrogen-bond acceptors (Lipinski definition) is 5. The topological polar surface area (TPSA) is 59.1 Å². The third-order valence-corrected chi connectivity index (χ3v) is 7.49. The van der Waals surface area contributed by atoms with E-state index in [0.717, 1.165) is 18.4 Å². The minimum Gasteiger partial charge on any atom is -0.493 e. The molecule has 0 saturated heterocycles. The van der Waals surface area contributed by atoms with Gasteiger partial charge in [-0.3, -0.25) is 9.59 Å². The van der Waals surface area contributed by atoms with Crippen molar-refractivity contribution in [3.8, 4) is 11.5 Å². The number of methoxy groups -OCH3 is 1. The van der Waals surface area contributed by atoms with Crippen molar-refractivity contribution in [1.29, 1.82) is 0 Å². The molecule has 0 aliphatic carbocycles. The van der Waals surface area contributed by atoms with E-state index in [1.165, 1.54) is 4.88 Å². The number of hydrogen-bond donors (Lipinski definition) is 0. The Labute approximate surface area is 217 Å². The zero-order chi connectivity index (χ0) is 25.5. The molecule has 36 heavy (non-hydrogen) atoms. The van der Waals surface area contributed by atoms with Gasteiger partial charge in [0.1, 0.15) is 13.2 Å². The zero-order valence-electron chi connectivity index (χ0n) is 21.2. The first-order valence-electron chi connectivity index (χ1n) is 12.4. The van der Waals surface area contributed by atoms with Gasteiger partial charge in [0.25, 0.3) is 5.91 Å². The molecule has 1 aromatic heterocycles. The summed E-state index contributed by atoms with van der Waals surface area (Å²) in [6, 6.07) is 18.6. The van der Waals surface area contributed by atoms with E-state index in [-0.39, 0.29) is 24.4 Å². The number of para-hydroxylation sites is 2. The third kappa shape index (κ3) is 6.08. The number of carbonyl (C=O) groups excluding carboxylic acids is 2. The van der Waals surface area contributed by atoms with E-state index in [1.807, 2.05) is 47.4 Å². The Morgan fingerprint density at radius 1 is 1.06 bits per heavy atom. The molecule has 0 bridgehead atoms. The van der Waals surface area contributed by atoms with Crippen LogP contribution in [0.5, 0.6) is 11.5 Å². The van der Waals surface area contributed by atoms with E-state index in [0.29, 0.717) is 42.7 Å². The van der Waals surface area contributed by atoms with Gasteiger partial charge in [0, 0.05) is 23.5 Å². The van der Waals surface area contributed by atoms with E-state index in [4.69, 9.17) is 9.47 Å². The first-order valence-corrected chi connectivity index (χ1v) is 13.3. The molecule has 0 spiro atoms. The fourth-order valence-corrected chi connectivity index (χ4v) is 5.39. The molecule has 1 aliphatic rings. The largest absolute Gasteiger partial charge is 0.493 e. The second-order valence-corrected chi connectivity index (χ2v) is 10.4. The fourth-order valence-electron chi connectivity index (χ4n) is 4.47. The van der Waals surface area contributed by atoms with Crippen molar-refractivity contribution in [1.82, 2.24) is 9.80 Å². The predicted molar refractivity (Wildman–Crippen MR) is 143 cm³/mol. The maximum atomic E-state index is 13.7. The Hall–Kier alpha value is -3.32. The van der Waals surface area contributed by atoms with E-state index in [9.17, 15) is 9.59 Å². The number of rotatable bonds is 10. The van der Waals surface area contributed by atoms with Crippen LogP contribution in [0.1, 0.15) is 47.1 Å². The number of ether oxygens (including phenoxy) is 2. The average molecular weight is 507 g/mol. The van der Waals surface area contributed by atoms with Gasteiger partial charge in [0.2, 0.25) is 5.91 Å². The molecule has 6 nitrogen and oxygen atoms in total. The number of nitrogens with zero attached hydrogens (tertiary/aromatic N) is 2. The lowest BCUT2D eigenvalue weighted by Crippen LogP contribution is -2.48. The van der Waals surface area contributed by atoms with Gasteiger partial charge in [0.05, 0.1) is 13.2 Å². The van der Waals surface area contributed by atoms with Gasteiger partial charge in [0.15, 0.2) is 11.5 Å². The predicted octanol–water partition coefficient (Wildman–Crippen LogP) is 5.45. The summed E-state index contributed by atoms with van der Waals surface area (Å²) in [6.07, 6.45) is 1.64. The molecular weight excluding hydrogens is 472 g/mol. The Kier molecular flexibility index (Phi) is 8.65. The van der Waals surface area contributed by atoms with Crippen LogP contribution in [0.2, 0.25) is 0 Å². The average Bonchev–Trinajstić information content (AvgIpc) is 3.39. The highest BCUT2D eigenvalue weighted by Gasteiger charge is 2.33. The Morgan fingerprint density at radius 3 is 2.50 bits per heavy atom. The van der Waals surface area contributed by atoms with Crippen molar-refractivity contribution in [2.24, 2.45) is 5.92 Å². The summed E-state index contributed by atoms with van der Waals surface area (Å²) in [5.41, 5.74) is 1.72. The van der Waals surface area contributed by atoms with Crippen molar-refractivity contribution in [2.75, 3.05) is 33.4 Å². The monoisotopic (exact) mass is 506 g/mol. The standard InChI is InChI=1S/C29H34N2O4S/c1-21(2)13-16-30(29(33)22-9-5-4-6-10-22)19-28(32)31-17-14-27-23(15-18-36-27)24(31)20-35-26-12-8-7-11-25(26)34-3/h4-12,15,18,21,24H,13-14,16-17,19-20H2,1-3H3/t24-/m0/s1. The van der Waals surface area contributed by atoms with E-state index in [2.05, 4.69) is 25.3 Å². The molecule has 1 aliphatic heterocycles. The molecule has 0 unspecified atom stereocenters. The molecule has 4 rings (SSSR count). The van der Waals surface area contributed by atoms with Crippen molar-refractivity contribution in [3.63, 3.8) is 0 Å². The van der Waals surface area contributed by atoms with Crippen molar-refractivity contribution >= 4 is 23.2 Å². The van der Waals surface area contributed by atoms with Crippen molar-refractivity contribution in [2.45, 2.75) is 32.7 Å². The first kappa shape index (κ1) is 25.8. The molecule has 1 atom stereocenters. The molecule has 0 saturated carbocycles. The number of carbonyl (C=O) groups is 2. The SMILES string of the molecule is COc1ccccc1OC[C@H]1c2ccsc2CCN1C(=O)CN(CCC(C)C)C(=O)c1ccccc1. The molecule has 0 N–H and O–H groups in total. The highest BCUT2D eigenvalue weighted by molar-refractivity contribution is 7.10. The summed E-state index contributed by atoms with van der Waals surface area (Å²) < 4.78 is 11.6. The molecule has 0 radical (unpaired) electrons. The summed E-state index contributed by atoms with van der Waals surface area (Å²) in [6.45, 7) is 5.75. The Balaban J connectivity index is 1.54. The van der Waals surface area contributed by atoms with Gasteiger partial charge in [-0.25, -0.2) is 0 Å². The number of thiophene rings is 1. The minimum atomic E-state index is -0.226. The Bertz CT molecular complexity index is 1160. The van der Waals surface area contributed by atoms with Crippen LogP contribution in [0.3, 0.4) is 0 Å². The molecule has 0 fully saturated rings. The van der Waals surface area contributed by atoms with Crippen LogP contribution in [-0.2, 0) is 11.2 Å². The fraction of sp³-hybridized carbons (Fsp3) is 0.379. The summed E-state index contributed by atoms with van der Waals surface area (Å²) in [4.78, 5) is 31.9. The van der Waals surface area contributed by atoms with Crippen molar-refractivity contribution in [3.05, 3.63) is 82.0 Å². The second kappa shape index (κ2) is 12.1. The van der Waals surface area contributed by atoms with Crippen LogP contribution in [0, 0.1) is 5.92 Å².